The maximum absolute atomic E-state index is 13.4. The molecule has 8 nitrogen and oxygen atoms in total. The second-order valence-corrected chi connectivity index (χ2v) is 8.59. The molecule has 32 heavy (non-hydrogen) atoms. The number of nitrogens with one attached hydrogen (secondary N) is 2. The van der Waals surface area contributed by atoms with Gasteiger partial charge in [-0.2, -0.15) is 0 Å². The van der Waals surface area contributed by atoms with Gasteiger partial charge < -0.3 is 20.1 Å². The van der Waals surface area contributed by atoms with Crippen LogP contribution in [-0.2, 0) is 28.0 Å². The number of imide groups is 1. The fourth-order valence-corrected chi connectivity index (χ4v) is 4.58. The number of fused-ring (bicyclic) bond motifs is 2. The van der Waals surface area contributed by atoms with E-state index in [0.717, 1.165) is 29.7 Å². The van der Waals surface area contributed by atoms with Gasteiger partial charge in [-0.1, -0.05) is 18.2 Å². The summed E-state index contributed by atoms with van der Waals surface area (Å²) in [5, 5.41) is 5.56. The summed E-state index contributed by atoms with van der Waals surface area (Å²) >= 11 is 0. The Bertz CT molecular complexity index is 1130. The number of nitrogens with zero attached hydrogens (tertiary/aromatic N) is 1. The van der Waals surface area contributed by atoms with E-state index < -0.39 is 29.4 Å². The third-order valence-electron chi connectivity index (χ3n) is 6.47. The number of benzene rings is 2. The van der Waals surface area contributed by atoms with E-state index in [-0.39, 0.29) is 0 Å². The van der Waals surface area contributed by atoms with Crippen LogP contribution in [0.4, 0.5) is 10.5 Å². The highest BCUT2D eigenvalue weighted by atomic mass is 16.6. The van der Waals surface area contributed by atoms with Crippen molar-refractivity contribution in [2.75, 3.05) is 18.5 Å². The molecule has 0 unspecified atom stereocenters. The molecule has 4 amide bonds. The van der Waals surface area contributed by atoms with Crippen molar-refractivity contribution in [3.63, 3.8) is 0 Å². The fourth-order valence-electron chi connectivity index (χ4n) is 4.58. The highest BCUT2D eigenvalue weighted by Gasteiger charge is 2.52. The van der Waals surface area contributed by atoms with Gasteiger partial charge in [0.05, 0.1) is 0 Å². The molecule has 1 saturated heterocycles. The normalized spacial score (nSPS) is 22.4. The summed E-state index contributed by atoms with van der Waals surface area (Å²) in [7, 11) is 0. The molecule has 2 heterocycles. The number of hydrogen-bond acceptors (Lipinski definition) is 5. The molecule has 2 aromatic carbocycles. The lowest BCUT2D eigenvalue weighted by Gasteiger charge is -2.25. The average Bonchev–Trinajstić information content (AvgIpc) is 3.35. The van der Waals surface area contributed by atoms with E-state index in [0.29, 0.717) is 30.4 Å². The Morgan fingerprint density at radius 3 is 2.62 bits per heavy atom. The average molecular weight is 435 g/mol. The molecule has 2 aromatic rings. The highest BCUT2D eigenvalue weighted by Crippen LogP contribution is 2.35. The molecule has 166 valence electrons. The van der Waals surface area contributed by atoms with Gasteiger partial charge in [0.1, 0.15) is 24.8 Å². The number of anilines is 1. The van der Waals surface area contributed by atoms with Crippen molar-refractivity contribution in [1.82, 2.24) is 10.2 Å². The topological polar surface area (TPSA) is 97.0 Å². The number of rotatable bonds is 4. The first-order chi connectivity index (χ1) is 15.4. The van der Waals surface area contributed by atoms with Crippen molar-refractivity contribution in [2.45, 2.75) is 44.7 Å². The molecule has 0 spiro atoms. The van der Waals surface area contributed by atoms with Gasteiger partial charge in [-0.3, -0.25) is 9.59 Å². The first-order valence-electron chi connectivity index (χ1n) is 10.9. The van der Waals surface area contributed by atoms with Gasteiger partial charge in [0.2, 0.25) is 5.91 Å². The minimum atomic E-state index is -1.21. The molecule has 3 aliphatic rings. The molecule has 2 N–H and O–H groups in total. The Labute approximate surface area is 185 Å². The van der Waals surface area contributed by atoms with Crippen LogP contribution < -0.4 is 20.1 Å². The summed E-state index contributed by atoms with van der Waals surface area (Å²) < 4.78 is 11.0. The summed E-state index contributed by atoms with van der Waals surface area (Å²) in [6.07, 6.45) is 3.11. The van der Waals surface area contributed by atoms with Crippen molar-refractivity contribution in [3.05, 3.63) is 53.1 Å². The van der Waals surface area contributed by atoms with Crippen LogP contribution in [0, 0.1) is 0 Å². The third kappa shape index (κ3) is 3.26. The predicted octanol–water partition coefficient (Wildman–Crippen LogP) is 2.74. The van der Waals surface area contributed by atoms with Crippen molar-refractivity contribution >= 4 is 23.5 Å². The van der Waals surface area contributed by atoms with Gasteiger partial charge >= 0.3 is 6.03 Å². The van der Waals surface area contributed by atoms with Gasteiger partial charge in [-0.05, 0) is 61.9 Å². The molecule has 0 bridgehead atoms. The molecule has 0 aromatic heterocycles. The Kier molecular flexibility index (Phi) is 4.80. The lowest BCUT2D eigenvalue weighted by atomic mass is 9.89. The zero-order chi connectivity index (χ0) is 22.5. The molecular formula is C24H25N3O5. The number of carbonyl (C=O) groups is 3. The summed E-state index contributed by atoms with van der Waals surface area (Å²) in [6, 6.07) is 9.43. The maximum Gasteiger partial charge on any atom is 0.326 e. The third-order valence-corrected chi connectivity index (χ3v) is 6.47. The van der Waals surface area contributed by atoms with Gasteiger partial charge in [0, 0.05) is 11.8 Å². The molecule has 8 heteroatoms. The summed E-state index contributed by atoms with van der Waals surface area (Å²) in [5.41, 5.74) is 2.53. The van der Waals surface area contributed by atoms with Crippen LogP contribution in [0.25, 0.3) is 0 Å². The zero-order valence-corrected chi connectivity index (χ0v) is 18.1. The summed E-state index contributed by atoms with van der Waals surface area (Å²) in [6.45, 7) is 4.14. The first kappa shape index (κ1) is 20.4. The smallest absolute Gasteiger partial charge is 0.326 e. The van der Waals surface area contributed by atoms with Gasteiger partial charge in [-0.25, -0.2) is 9.69 Å². The maximum atomic E-state index is 13.4. The standard InChI is InChI=1S/C24H25N3O5/c1-14(21(28)25-18-8-9-19-20(13-18)32-11-10-31-19)27-22(29)24(2,26-23(27)30)17-7-6-15-4-3-5-16(15)12-17/h6-9,12-14H,3-5,10-11H2,1-2H3,(H,25,28)(H,26,30)/t14-,24+/m0/s1. The van der Waals surface area contributed by atoms with E-state index in [1.165, 1.54) is 11.1 Å². The summed E-state index contributed by atoms with van der Waals surface area (Å²) in [4.78, 5) is 40.0. The van der Waals surface area contributed by atoms with Crippen LogP contribution in [0.1, 0.15) is 37.0 Å². The molecule has 1 aliphatic carbocycles. The molecule has 2 aliphatic heterocycles. The molecule has 5 rings (SSSR count). The van der Waals surface area contributed by atoms with E-state index >= 15 is 0 Å². The van der Waals surface area contributed by atoms with Crippen molar-refractivity contribution in [2.24, 2.45) is 0 Å². The molecule has 0 saturated carbocycles. The number of urea groups is 1. The Hall–Kier alpha value is -3.55. The van der Waals surface area contributed by atoms with E-state index in [2.05, 4.69) is 10.6 Å². The molecule has 0 radical (unpaired) electrons. The Morgan fingerprint density at radius 2 is 1.81 bits per heavy atom. The largest absolute Gasteiger partial charge is 0.486 e. The Morgan fingerprint density at radius 1 is 1.06 bits per heavy atom. The first-order valence-corrected chi connectivity index (χ1v) is 10.9. The van der Waals surface area contributed by atoms with Crippen LogP contribution >= 0.6 is 0 Å². The second-order valence-electron chi connectivity index (χ2n) is 8.59. The number of hydrogen-bond donors (Lipinski definition) is 2. The van der Waals surface area contributed by atoms with Crippen LogP contribution in [0.5, 0.6) is 11.5 Å². The van der Waals surface area contributed by atoms with Crippen LogP contribution in [0.3, 0.4) is 0 Å². The monoisotopic (exact) mass is 435 g/mol. The van der Waals surface area contributed by atoms with E-state index in [1.54, 1.807) is 32.0 Å². The van der Waals surface area contributed by atoms with Crippen LogP contribution in [-0.4, -0.2) is 42.0 Å². The number of aryl methyl sites for hydroxylation is 2. The minimum Gasteiger partial charge on any atom is -0.486 e. The van der Waals surface area contributed by atoms with Gasteiger partial charge in [-0.15, -0.1) is 0 Å². The van der Waals surface area contributed by atoms with E-state index in [4.69, 9.17) is 9.47 Å². The highest BCUT2D eigenvalue weighted by molar-refractivity contribution is 6.11. The van der Waals surface area contributed by atoms with Crippen LogP contribution in [0.15, 0.2) is 36.4 Å². The van der Waals surface area contributed by atoms with Crippen LogP contribution in [0.2, 0.25) is 0 Å². The lowest BCUT2D eigenvalue weighted by Crippen LogP contribution is -2.47. The quantitative estimate of drug-likeness (QED) is 0.720. The second kappa shape index (κ2) is 7.55. The van der Waals surface area contributed by atoms with E-state index in [9.17, 15) is 14.4 Å². The number of amides is 4. The van der Waals surface area contributed by atoms with Gasteiger partial charge in [0.15, 0.2) is 11.5 Å². The minimum absolute atomic E-state index is 0.435. The van der Waals surface area contributed by atoms with Crippen molar-refractivity contribution in [3.8, 4) is 11.5 Å². The van der Waals surface area contributed by atoms with Gasteiger partial charge in [0.25, 0.3) is 5.91 Å². The predicted molar refractivity (Wildman–Crippen MR) is 117 cm³/mol. The van der Waals surface area contributed by atoms with Crippen molar-refractivity contribution in [1.29, 1.82) is 0 Å². The number of carbonyl (C=O) groups excluding carboxylic acids is 3. The fraction of sp³-hybridized carbons (Fsp3) is 0.375. The van der Waals surface area contributed by atoms with E-state index in [1.807, 2.05) is 18.2 Å². The molecule has 1 fully saturated rings. The molecule has 2 atom stereocenters. The number of ether oxygens (including phenoxy) is 2. The molecular weight excluding hydrogens is 410 g/mol. The summed E-state index contributed by atoms with van der Waals surface area (Å²) in [5.74, 6) is 0.246. The zero-order valence-electron chi connectivity index (χ0n) is 18.1. The Balaban J connectivity index is 1.34. The van der Waals surface area contributed by atoms with Crippen molar-refractivity contribution < 1.29 is 23.9 Å². The SMILES string of the molecule is C[C@@H](C(=O)Nc1ccc2c(c1)OCCO2)N1C(=O)N[C@](C)(c2ccc3c(c2)CCC3)C1=O. The lowest BCUT2D eigenvalue weighted by molar-refractivity contribution is -0.136.